The van der Waals surface area contributed by atoms with E-state index in [4.69, 9.17) is 4.74 Å². The minimum absolute atomic E-state index is 0.0267. The molecule has 5 rings (SSSR count). The van der Waals surface area contributed by atoms with Crippen molar-refractivity contribution in [3.8, 4) is 0 Å². The van der Waals surface area contributed by atoms with Crippen LogP contribution in [0.25, 0.3) is 0 Å². The van der Waals surface area contributed by atoms with E-state index in [0.717, 1.165) is 37.8 Å². The van der Waals surface area contributed by atoms with Crippen molar-refractivity contribution in [3.63, 3.8) is 0 Å². The maximum atomic E-state index is 12.3. The molecule has 1 aromatic rings. The van der Waals surface area contributed by atoms with Crippen LogP contribution >= 0.6 is 0 Å². The number of ether oxygens (including phenoxy) is 1. The molecular formula is C27H35NO3. The molecule has 0 aromatic heterocycles. The lowest BCUT2D eigenvalue weighted by molar-refractivity contribution is -0.157. The zero-order valence-electron chi connectivity index (χ0n) is 19.2. The number of fused-ring (bicyclic) bond motifs is 5. The average molecular weight is 422 g/mol. The van der Waals surface area contributed by atoms with Crippen molar-refractivity contribution in [3.05, 3.63) is 47.2 Å². The first-order valence-corrected chi connectivity index (χ1v) is 12.0. The summed E-state index contributed by atoms with van der Waals surface area (Å²) in [7, 11) is 0. The van der Waals surface area contributed by atoms with E-state index in [9.17, 15) is 9.59 Å². The van der Waals surface area contributed by atoms with Gasteiger partial charge in [0, 0.05) is 35.8 Å². The molecule has 1 aromatic carbocycles. The van der Waals surface area contributed by atoms with Gasteiger partial charge in [-0.3, -0.25) is 9.59 Å². The fourth-order valence-corrected chi connectivity index (χ4v) is 7.66. The molecule has 2 unspecified atom stereocenters. The molecule has 166 valence electrons. The zero-order valence-corrected chi connectivity index (χ0v) is 19.2. The lowest BCUT2D eigenvalue weighted by atomic mass is 9.47. The largest absolute Gasteiger partial charge is 0.462 e. The Bertz CT molecular complexity index is 934. The highest BCUT2D eigenvalue weighted by Crippen LogP contribution is 2.66. The molecule has 1 heterocycles. The Morgan fingerprint density at radius 1 is 1.06 bits per heavy atom. The summed E-state index contributed by atoms with van der Waals surface area (Å²) in [5.74, 6) is 1.85. The number of carbonyl (C=O) groups is 2. The maximum Gasteiger partial charge on any atom is 0.302 e. The second-order valence-corrected chi connectivity index (χ2v) is 11.0. The van der Waals surface area contributed by atoms with Gasteiger partial charge in [-0.05, 0) is 62.3 Å². The molecule has 7 atom stereocenters. The zero-order chi connectivity index (χ0) is 22.0. The Morgan fingerprint density at radius 3 is 2.52 bits per heavy atom. The third-order valence-corrected chi connectivity index (χ3v) is 9.36. The Balaban J connectivity index is 1.60. The second kappa shape index (κ2) is 7.21. The molecule has 1 saturated heterocycles. The summed E-state index contributed by atoms with van der Waals surface area (Å²) in [5, 5.41) is 3.26. The number of carbonyl (C=O) groups excluding carboxylic acids is 2. The van der Waals surface area contributed by atoms with E-state index in [1.54, 1.807) is 6.92 Å². The van der Waals surface area contributed by atoms with E-state index in [2.05, 4.69) is 56.4 Å². The first-order chi connectivity index (χ1) is 14.7. The predicted molar refractivity (Wildman–Crippen MR) is 120 cm³/mol. The van der Waals surface area contributed by atoms with Crippen molar-refractivity contribution in [2.75, 3.05) is 0 Å². The van der Waals surface area contributed by atoms with Crippen LogP contribution in [0.15, 0.2) is 36.0 Å². The first kappa shape index (κ1) is 20.8. The Labute approximate surface area is 185 Å². The molecule has 0 spiro atoms. The summed E-state index contributed by atoms with van der Waals surface area (Å²) in [6, 6.07) is 8.95. The molecule has 3 aliphatic carbocycles. The lowest BCUT2D eigenvalue weighted by Crippen LogP contribution is -2.55. The van der Waals surface area contributed by atoms with E-state index < -0.39 is 0 Å². The molecule has 4 heteroatoms. The van der Waals surface area contributed by atoms with Gasteiger partial charge in [0.2, 0.25) is 5.91 Å². The Kier molecular flexibility index (Phi) is 4.84. The van der Waals surface area contributed by atoms with E-state index in [-0.39, 0.29) is 34.7 Å². The third kappa shape index (κ3) is 3.16. The molecule has 4 nitrogen and oxygen atoms in total. The van der Waals surface area contributed by atoms with E-state index in [0.29, 0.717) is 24.2 Å². The summed E-state index contributed by atoms with van der Waals surface area (Å²) in [5.41, 5.74) is 3.82. The highest BCUT2D eigenvalue weighted by atomic mass is 16.5. The predicted octanol–water partition coefficient (Wildman–Crippen LogP) is 5.27. The molecule has 4 aliphatic rings. The minimum Gasteiger partial charge on any atom is -0.462 e. The first-order valence-electron chi connectivity index (χ1n) is 12.0. The van der Waals surface area contributed by atoms with Crippen LogP contribution in [-0.2, 0) is 14.3 Å². The number of aryl methyl sites for hydroxylation is 1. The average Bonchev–Trinajstić information content (AvgIpc) is 3.04. The van der Waals surface area contributed by atoms with Gasteiger partial charge < -0.3 is 10.1 Å². The van der Waals surface area contributed by atoms with Crippen molar-refractivity contribution in [1.82, 2.24) is 5.32 Å². The highest BCUT2D eigenvalue weighted by Gasteiger charge is 2.61. The number of hydrogen-bond donors (Lipinski definition) is 1. The number of nitrogens with one attached hydrogen (secondary N) is 1. The van der Waals surface area contributed by atoms with Gasteiger partial charge in [0.25, 0.3) is 0 Å². The summed E-state index contributed by atoms with van der Waals surface area (Å²) in [6.45, 7) is 8.41. The quantitative estimate of drug-likeness (QED) is 0.662. The number of amides is 1. The fraction of sp³-hybridized carbons (Fsp3) is 0.630. The fourth-order valence-electron chi connectivity index (χ4n) is 7.66. The summed E-state index contributed by atoms with van der Waals surface area (Å²) in [6.07, 6.45) is 8.26. The van der Waals surface area contributed by atoms with Crippen molar-refractivity contribution < 1.29 is 14.3 Å². The van der Waals surface area contributed by atoms with Crippen LogP contribution in [0.2, 0.25) is 0 Å². The molecule has 31 heavy (non-hydrogen) atoms. The van der Waals surface area contributed by atoms with Crippen LogP contribution < -0.4 is 5.32 Å². The number of piperidine rings is 1. The molecule has 0 radical (unpaired) electrons. The molecule has 0 bridgehead atoms. The van der Waals surface area contributed by atoms with Crippen molar-refractivity contribution >= 4 is 11.9 Å². The van der Waals surface area contributed by atoms with Gasteiger partial charge in [-0.1, -0.05) is 49.8 Å². The number of hydrogen-bond acceptors (Lipinski definition) is 3. The van der Waals surface area contributed by atoms with Crippen LogP contribution in [0, 0.1) is 35.5 Å². The number of esters is 1. The topological polar surface area (TPSA) is 55.4 Å². The van der Waals surface area contributed by atoms with E-state index in [1.807, 2.05) is 0 Å². The molecule has 1 aliphatic heterocycles. The summed E-state index contributed by atoms with van der Waals surface area (Å²) >= 11 is 0. The molecule has 2 saturated carbocycles. The normalized spacial score (nSPS) is 41.4. The number of rotatable bonds is 2. The standard InChI is InChI=1S/C27H35NO3/c1-16-5-7-18(8-6-16)19-15-22-26(3,14-12-24(30)28-22)21-11-13-27(4)20(25(19)21)9-10-23(27)31-17(2)29/h5-8,15,19-21,23,25H,9-14H2,1-4H3,(H,28,30)/t19?,20-,21+,23?,25-,26+,27-/m0/s1. The molecule has 3 fully saturated rings. The van der Waals surface area contributed by atoms with Crippen LogP contribution in [-0.4, -0.2) is 18.0 Å². The van der Waals surface area contributed by atoms with Crippen LogP contribution in [0.5, 0.6) is 0 Å². The number of benzene rings is 1. The van der Waals surface area contributed by atoms with Crippen LogP contribution in [0.4, 0.5) is 0 Å². The van der Waals surface area contributed by atoms with Crippen LogP contribution in [0.3, 0.4) is 0 Å². The SMILES string of the molecule is CC(=O)OC1CC[C@H]2[C@@H]3C(c4ccc(C)cc4)C=C4NC(=O)CC[C@]4(C)[C@@H]3CC[C@]12C. The Morgan fingerprint density at radius 2 is 1.81 bits per heavy atom. The van der Waals surface area contributed by atoms with Crippen molar-refractivity contribution in [2.45, 2.75) is 78.2 Å². The van der Waals surface area contributed by atoms with Gasteiger partial charge >= 0.3 is 5.97 Å². The smallest absolute Gasteiger partial charge is 0.302 e. The lowest BCUT2D eigenvalue weighted by Gasteiger charge is -2.59. The monoisotopic (exact) mass is 421 g/mol. The summed E-state index contributed by atoms with van der Waals surface area (Å²) in [4.78, 5) is 24.1. The summed E-state index contributed by atoms with van der Waals surface area (Å²) < 4.78 is 5.85. The molecule has 1 amide bonds. The number of allylic oxidation sites excluding steroid dienone is 2. The van der Waals surface area contributed by atoms with E-state index in [1.165, 1.54) is 11.1 Å². The Hall–Kier alpha value is -2.10. The second-order valence-electron chi connectivity index (χ2n) is 11.0. The van der Waals surface area contributed by atoms with E-state index >= 15 is 0 Å². The highest BCUT2D eigenvalue weighted by molar-refractivity contribution is 5.79. The molecule has 1 N–H and O–H groups in total. The van der Waals surface area contributed by atoms with Gasteiger partial charge in [-0.2, -0.15) is 0 Å². The molecular weight excluding hydrogens is 386 g/mol. The van der Waals surface area contributed by atoms with Crippen molar-refractivity contribution in [2.24, 2.45) is 28.6 Å². The van der Waals surface area contributed by atoms with Gasteiger partial charge in [-0.25, -0.2) is 0 Å². The van der Waals surface area contributed by atoms with Gasteiger partial charge in [0.1, 0.15) is 6.10 Å². The van der Waals surface area contributed by atoms with Gasteiger partial charge in [0.05, 0.1) is 0 Å². The maximum absolute atomic E-state index is 12.3. The minimum atomic E-state index is -0.156. The third-order valence-electron chi connectivity index (χ3n) is 9.36. The van der Waals surface area contributed by atoms with Gasteiger partial charge in [0.15, 0.2) is 0 Å². The van der Waals surface area contributed by atoms with Gasteiger partial charge in [-0.15, -0.1) is 0 Å². The van der Waals surface area contributed by atoms with Crippen LogP contribution in [0.1, 0.15) is 76.3 Å². The van der Waals surface area contributed by atoms with Crippen molar-refractivity contribution in [1.29, 1.82) is 0 Å².